The molecule has 0 spiro atoms. The SMILES string of the molecule is C=CCCN1C2CCC1CC(Oc1ccc([N+](=O)[O-])cc1)C2. The number of nitro benzene ring substituents is 1. The van der Waals surface area contributed by atoms with Crippen molar-refractivity contribution in [3.63, 3.8) is 0 Å². The van der Waals surface area contributed by atoms with Gasteiger partial charge in [-0.15, -0.1) is 6.58 Å². The van der Waals surface area contributed by atoms with Gasteiger partial charge in [-0.2, -0.15) is 0 Å². The molecule has 5 nitrogen and oxygen atoms in total. The third-order valence-corrected chi connectivity index (χ3v) is 4.78. The van der Waals surface area contributed by atoms with Crippen molar-refractivity contribution in [3.8, 4) is 5.75 Å². The highest BCUT2D eigenvalue weighted by Crippen LogP contribution is 2.37. The van der Waals surface area contributed by atoms with E-state index in [1.165, 1.54) is 25.0 Å². The summed E-state index contributed by atoms with van der Waals surface area (Å²) in [5.74, 6) is 0.731. The Morgan fingerprint density at radius 1 is 1.27 bits per heavy atom. The number of hydrogen-bond acceptors (Lipinski definition) is 4. The second-order valence-electron chi connectivity index (χ2n) is 6.16. The van der Waals surface area contributed by atoms with E-state index in [1.54, 1.807) is 12.1 Å². The molecule has 0 aliphatic carbocycles. The maximum Gasteiger partial charge on any atom is 0.269 e. The highest BCUT2D eigenvalue weighted by Gasteiger charge is 2.40. The molecule has 2 unspecified atom stereocenters. The largest absolute Gasteiger partial charge is 0.490 e. The molecule has 0 N–H and O–H groups in total. The minimum Gasteiger partial charge on any atom is -0.490 e. The van der Waals surface area contributed by atoms with Gasteiger partial charge in [0.25, 0.3) is 5.69 Å². The molecule has 2 fully saturated rings. The van der Waals surface area contributed by atoms with Gasteiger partial charge in [-0.3, -0.25) is 15.0 Å². The van der Waals surface area contributed by atoms with Crippen LogP contribution in [0, 0.1) is 10.1 Å². The molecule has 0 amide bonds. The van der Waals surface area contributed by atoms with Crippen molar-refractivity contribution in [2.24, 2.45) is 0 Å². The number of piperidine rings is 1. The summed E-state index contributed by atoms with van der Waals surface area (Å²) >= 11 is 0. The molecule has 2 aliphatic heterocycles. The Hall–Kier alpha value is -1.88. The van der Waals surface area contributed by atoms with Crippen LogP contribution in [0.3, 0.4) is 0 Å². The first kappa shape index (κ1) is 15.0. The molecule has 5 heteroatoms. The minimum absolute atomic E-state index is 0.103. The molecule has 2 heterocycles. The van der Waals surface area contributed by atoms with Crippen molar-refractivity contribution in [2.75, 3.05) is 6.54 Å². The number of hydrogen-bond donors (Lipinski definition) is 0. The molecule has 0 radical (unpaired) electrons. The van der Waals surface area contributed by atoms with Gasteiger partial charge in [-0.05, 0) is 44.2 Å². The fraction of sp³-hybridized carbons (Fsp3) is 0.529. The van der Waals surface area contributed by atoms with Gasteiger partial charge in [-0.1, -0.05) is 6.08 Å². The number of fused-ring (bicyclic) bond motifs is 2. The summed E-state index contributed by atoms with van der Waals surface area (Å²) in [7, 11) is 0. The maximum absolute atomic E-state index is 10.7. The molecule has 2 bridgehead atoms. The molecular weight excluding hydrogens is 280 g/mol. The van der Waals surface area contributed by atoms with Crippen LogP contribution in [0.25, 0.3) is 0 Å². The lowest BCUT2D eigenvalue weighted by Gasteiger charge is -2.38. The molecule has 1 aromatic rings. The number of nitrogens with zero attached hydrogens (tertiary/aromatic N) is 2. The Labute approximate surface area is 130 Å². The fourth-order valence-electron chi connectivity index (χ4n) is 3.76. The van der Waals surface area contributed by atoms with Gasteiger partial charge in [-0.25, -0.2) is 0 Å². The molecule has 2 atom stereocenters. The Balaban J connectivity index is 1.59. The normalized spacial score (nSPS) is 27.5. The first-order chi connectivity index (χ1) is 10.7. The van der Waals surface area contributed by atoms with E-state index >= 15 is 0 Å². The van der Waals surface area contributed by atoms with E-state index < -0.39 is 0 Å². The smallest absolute Gasteiger partial charge is 0.269 e. The zero-order valence-corrected chi connectivity index (χ0v) is 12.7. The van der Waals surface area contributed by atoms with Crippen LogP contribution in [0.4, 0.5) is 5.69 Å². The summed E-state index contributed by atoms with van der Waals surface area (Å²) in [5, 5.41) is 10.7. The monoisotopic (exact) mass is 302 g/mol. The van der Waals surface area contributed by atoms with Crippen molar-refractivity contribution in [1.29, 1.82) is 0 Å². The van der Waals surface area contributed by atoms with Crippen LogP contribution in [-0.4, -0.2) is 34.6 Å². The second kappa shape index (κ2) is 6.48. The van der Waals surface area contributed by atoms with Crippen molar-refractivity contribution in [2.45, 2.75) is 50.3 Å². The zero-order chi connectivity index (χ0) is 15.5. The van der Waals surface area contributed by atoms with Crippen LogP contribution >= 0.6 is 0 Å². The molecule has 3 rings (SSSR count). The summed E-state index contributed by atoms with van der Waals surface area (Å²) in [4.78, 5) is 12.9. The first-order valence-corrected chi connectivity index (χ1v) is 7.95. The Morgan fingerprint density at radius 3 is 2.45 bits per heavy atom. The molecule has 0 aromatic heterocycles. The van der Waals surface area contributed by atoms with Crippen molar-refractivity contribution in [3.05, 3.63) is 47.0 Å². The summed E-state index contributed by atoms with van der Waals surface area (Å²) in [6.07, 6.45) is 7.85. The molecular formula is C17H22N2O3. The number of rotatable bonds is 6. The lowest BCUT2D eigenvalue weighted by Crippen LogP contribution is -2.46. The third kappa shape index (κ3) is 3.14. The number of non-ortho nitro benzene ring substituents is 1. The summed E-state index contributed by atoms with van der Waals surface area (Å²) in [6.45, 7) is 4.91. The first-order valence-electron chi connectivity index (χ1n) is 7.95. The highest BCUT2D eigenvalue weighted by atomic mass is 16.6. The quantitative estimate of drug-likeness (QED) is 0.458. The van der Waals surface area contributed by atoms with Crippen molar-refractivity contribution >= 4 is 5.69 Å². The van der Waals surface area contributed by atoms with Crippen LogP contribution in [0.15, 0.2) is 36.9 Å². The van der Waals surface area contributed by atoms with Crippen LogP contribution in [-0.2, 0) is 0 Å². The fourth-order valence-corrected chi connectivity index (χ4v) is 3.76. The van der Waals surface area contributed by atoms with Gasteiger partial charge in [0, 0.05) is 30.8 Å². The Morgan fingerprint density at radius 2 is 1.91 bits per heavy atom. The summed E-state index contributed by atoms with van der Waals surface area (Å²) in [6, 6.07) is 7.63. The van der Waals surface area contributed by atoms with Crippen LogP contribution in [0.1, 0.15) is 32.1 Å². The van der Waals surface area contributed by atoms with Crippen LogP contribution in [0.2, 0.25) is 0 Å². The average molecular weight is 302 g/mol. The standard InChI is InChI=1S/C17H22N2O3/c1-2-3-10-18-14-4-5-15(18)12-17(11-14)22-16-8-6-13(7-9-16)19(20)21/h2,6-9,14-15,17H,1,3-5,10-12H2. The summed E-state index contributed by atoms with van der Waals surface area (Å²) < 4.78 is 6.05. The Bertz CT molecular complexity index is 529. The maximum atomic E-state index is 10.7. The molecule has 118 valence electrons. The molecule has 1 aromatic carbocycles. The molecule has 2 saturated heterocycles. The van der Waals surface area contributed by atoms with Gasteiger partial charge in [0.2, 0.25) is 0 Å². The van der Waals surface area contributed by atoms with E-state index in [2.05, 4.69) is 11.5 Å². The number of nitro groups is 1. The van der Waals surface area contributed by atoms with Gasteiger partial charge in [0.1, 0.15) is 11.9 Å². The highest BCUT2D eigenvalue weighted by molar-refractivity contribution is 5.36. The van der Waals surface area contributed by atoms with E-state index in [4.69, 9.17) is 4.74 Å². The van der Waals surface area contributed by atoms with E-state index in [0.717, 1.165) is 31.6 Å². The number of benzene rings is 1. The second-order valence-corrected chi connectivity index (χ2v) is 6.16. The lowest BCUT2D eigenvalue weighted by molar-refractivity contribution is -0.384. The van der Waals surface area contributed by atoms with Crippen LogP contribution < -0.4 is 4.74 Å². The number of ether oxygens (including phenoxy) is 1. The average Bonchev–Trinajstić information content (AvgIpc) is 2.75. The van der Waals surface area contributed by atoms with E-state index in [1.807, 2.05) is 6.08 Å². The Kier molecular flexibility index (Phi) is 4.43. The topological polar surface area (TPSA) is 55.6 Å². The lowest BCUT2D eigenvalue weighted by atomic mass is 9.99. The summed E-state index contributed by atoms with van der Waals surface area (Å²) in [5.41, 5.74) is 0.103. The predicted octanol–water partition coefficient (Wildman–Crippen LogP) is 3.55. The predicted molar refractivity (Wildman–Crippen MR) is 85.1 cm³/mol. The van der Waals surface area contributed by atoms with Crippen molar-refractivity contribution < 1.29 is 9.66 Å². The minimum atomic E-state index is -0.387. The molecule has 22 heavy (non-hydrogen) atoms. The van der Waals surface area contributed by atoms with E-state index in [-0.39, 0.29) is 16.7 Å². The van der Waals surface area contributed by atoms with Gasteiger partial charge >= 0.3 is 0 Å². The van der Waals surface area contributed by atoms with Gasteiger partial charge < -0.3 is 4.74 Å². The zero-order valence-electron chi connectivity index (χ0n) is 12.7. The van der Waals surface area contributed by atoms with Crippen molar-refractivity contribution in [1.82, 2.24) is 4.90 Å². The third-order valence-electron chi connectivity index (χ3n) is 4.78. The molecule has 0 saturated carbocycles. The van der Waals surface area contributed by atoms with Crippen LogP contribution in [0.5, 0.6) is 5.75 Å². The van der Waals surface area contributed by atoms with E-state index in [9.17, 15) is 10.1 Å². The van der Waals surface area contributed by atoms with Gasteiger partial charge in [0.05, 0.1) is 4.92 Å². The molecule has 2 aliphatic rings. The van der Waals surface area contributed by atoms with E-state index in [0.29, 0.717) is 12.1 Å². The van der Waals surface area contributed by atoms with Gasteiger partial charge in [0.15, 0.2) is 0 Å².